The normalized spacial score (nSPS) is 20.8. The van der Waals surface area contributed by atoms with Crippen molar-refractivity contribution in [2.24, 2.45) is 5.41 Å². The molecule has 4 nitrogen and oxygen atoms in total. The van der Waals surface area contributed by atoms with Crippen molar-refractivity contribution in [3.63, 3.8) is 0 Å². The third-order valence-electron chi connectivity index (χ3n) is 3.90. The average Bonchev–Trinajstić information content (AvgIpc) is 3.07. The van der Waals surface area contributed by atoms with Crippen LogP contribution in [0.3, 0.4) is 0 Å². The molecule has 3 rings (SSSR count). The second kappa shape index (κ2) is 4.49. The molecule has 1 fully saturated rings. The lowest BCUT2D eigenvalue weighted by Gasteiger charge is -2.28. The van der Waals surface area contributed by atoms with Crippen LogP contribution in [-0.4, -0.2) is 35.0 Å². The van der Waals surface area contributed by atoms with Crippen molar-refractivity contribution in [3.05, 3.63) is 28.5 Å². The Labute approximate surface area is 115 Å². The monoisotopic (exact) mass is 277 g/mol. The number of amides is 1. The predicted molar refractivity (Wildman–Crippen MR) is 72.8 cm³/mol. The van der Waals surface area contributed by atoms with Crippen LogP contribution in [0.4, 0.5) is 0 Å². The molecule has 1 N–H and O–H groups in total. The Morgan fingerprint density at radius 2 is 2.16 bits per heavy atom. The van der Waals surface area contributed by atoms with E-state index in [0.29, 0.717) is 25.9 Å². The Hall–Kier alpha value is -1.62. The summed E-state index contributed by atoms with van der Waals surface area (Å²) in [6, 6.07) is 4.09. The predicted octanol–water partition coefficient (Wildman–Crippen LogP) is 2.23. The fraction of sp³-hybridized carbons (Fsp3) is 0.429. The van der Waals surface area contributed by atoms with Gasteiger partial charge in [0, 0.05) is 18.0 Å². The minimum Gasteiger partial charge on any atom is -0.480 e. The number of carbonyl (C=O) groups is 2. The lowest BCUT2D eigenvalue weighted by Crippen LogP contribution is -2.42. The van der Waals surface area contributed by atoms with Gasteiger partial charge in [-0.05, 0) is 36.3 Å². The van der Waals surface area contributed by atoms with Gasteiger partial charge in [0.05, 0.1) is 0 Å². The maximum Gasteiger partial charge on any atom is 0.319 e. The van der Waals surface area contributed by atoms with E-state index in [0.717, 1.165) is 6.42 Å². The van der Waals surface area contributed by atoms with E-state index in [2.05, 4.69) is 6.07 Å². The molecule has 0 radical (unpaired) electrons. The molecule has 1 aliphatic heterocycles. The van der Waals surface area contributed by atoms with E-state index in [9.17, 15) is 9.59 Å². The Kier molecular flexibility index (Phi) is 2.93. The molecule has 1 aromatic rings. The SMILES string of the molecule is O=C(O)C1(C(=O)N2CC=C(c3cccs3)CC2)CC1. The fourth-order valence-corrected chi connectivity index (χ4v) is 3.28. The van der Waals surface area contributed by atoms with Crippen LogP contribution in [0.2, 0.25) is 0 Å². The van der Waals surface area contributed by atoms with E-state index in [1.807, 2.05) is 17.5 Å². The van der Waals surface area contributed by atoms with Gasteiger partial charge in [-0.15, -0.1) is 11.3 Å². The molecule has 1 saturated carbocycles. The molecule has 2 aliphatic rings. The van der Waals surface area contributed by atoms with E-state index in [1.54, 1.807) is 16.2 Å². The van der Waals surface area contributed by atoms with Crippen LogP contribution >= 0.6 is 11.3 Å². The zero-order chi connectivity index (χ0) is 13.5. The Morgan fingerprint density at radius 1 is 1.37 bits per heavy atom. The minimum atomic E-state index is -1.10. The maximum atomic E-state index is 12.2. The Bertz CT molecular complexity index is 543. The number of hydrogen-bond acceptors (Lipinski definition) is 3. The van der Waals surface area contributed by atoms with Crippen molar-refractivity contribution in [2.45, 2.75) is 19.3 Å². The summed E-state index contributed by atoms with van der Waals surface area (Å²) in [5.74, 6) is -1.17. The summed E-state index contributed by atoms with van der Waals surface area (Å²) in [5.41, 5.74) is 0.160. The average molecular weight is 277 g/mol. The molecule has 1 aliphatic carbocycles. The van der Waals surface area contributed by atoms with Gasteiger partial charge in [-0.2, -0.15) is 0 Å². The summed E-state index contributed by atoms with van der Waals surface area (Å²) in [6.07, 6.45) is 3.82. The molecule has 2 heterocycles. The van der Waals surface area contributed by atoms with Gasteiger partial charge in [0.25, 0.3) is 0 Å². The van der Waals surface area contributed by atoms with Crippen LogP contribution in [0.15, 0.2) is 23.6 Å². The molecule has 5 heteroatoms. The molecule has 0 aromatic carbocycles. The van der Waals surface area contributed by atoms with Crippen LogP contribution in [0.1, 0.15) is 24.1 Å². The van der Waals surface area contributed by atoms with Crippen LogP contribution in [0.5, 0.6) is 0 Å². The molecule has 0 atom stereocenters. The summed E-state index contributed by atoms with van der Waals surface area (Å²) in [6.45, 7) is 1.15. The van der Waals surface area contributed by atoms with Crippen LogP contribution in [-0.2, 0) is 9.59 Å². The number of carboxylic acid groups (broad SMARTS) is 1. The number of carbonyl (C=O) groups excluding carboxylic acids is 1. The third-order valence-corrected chi connectivity index (χ3v) is 4.85. The number of carboxylic acids is 1. The molecule has 0 spiro atoms. The first-order valence-corrected chi connectivity index (χ1v) is 7.27. The first kappa shape index (κ1) is 12.4. The van der Waals surface area contributed by atoms with Gasteiger partial charge in [0.15, 0.2) is 0 Å². The largest absolute Gasteiger partial charge is 0.480 e. The second-order valence-corrected chi connectivity index (χ2v) is 6.04. The summed E-state index contributed by atoms with van der Waals surface area (Å²) >= 11 is 1.70. The van der Waals surface area contributed by atoms with Crippen molar-refractivity contribution in [3.8, 4) is 0 Å². The third kappa shape index (κ3) is 2.08. The highest BCUT2D eigenvalue weighted by Crippen LogP contribution is 2.47. The molecule has 1 amide bonds. The Balaban J connectivity index is 1.71. The highest BCUT2D eigenvalue weighted by molar-refractivity contribution is 7.11. The molecule has 1 aromatic heterocycles. The molecular formula is C14H15NO3S. The maximum absolute atomic E-state index is 12.2. The van der Waals surface area contributed by atoms with Crippen LogP contribution < -0.4 is 0 Å². The summed E-state index contributed by atoms with van der Waals surface area (Å²) in [4.78, 5) is 26.3. The first-order valence-electron chi connectivity index (χ1n) is 6.39. The van der Waals surface area contributed by atoms with Gasteiger partial charge >= 0.3 is 5.97 Å². The number of hydrogen-bond donors (Lipinski definition) is 1. The fourth-order valence-electron chi connectivity index (χ4n) is 2.49. The summed E-state index contributed by atoms with van der Waals surface area (Å²) in [5, 5.41) is 11.2. The molecule has 100 valence electrons. The lowest BCUT2D eigenvalue weighted by molar-refractivity contribution is -0.153. The van der Waals surface area contributed by atoms with Gasteiger partial charge in [-0.1, -0.05) is 12.1 Å². The topological polar surface area (TPSA) is 57.6 Å². The van der Waals surface area contributed by atoms with Crippen molar-refractivity contribution >= 4 is 28.8 Å². The number of nitrogens with zero attached hydrogens (tertiary/aromatic N) is 1. The smallest absolute Gasteiger partial charge is 0.319 e. The number of rotatable bonds is 3. The van der Waals surface area contributed by atoms with Crippen molar-refractivity contribution in [1.82, 2.24) is 4.90 Å². The molecule has 19 heavy (non-hydrogen) atoms. The summed E-state index contributed by atoms with van der Waals surface area (Å²) < 4.78 is 0. The van der Waals surface area contributed by atoms with Gasteiger partial charge < -0.3 is 10.0 Å². The number of aliphatic carboxylic acids is 1. The highest BCUT2D eigenvalue weighted by atomic mass is 32.1. The van der Waals surface area contributed by atoms with E-state index in [-0.39, 0.29) is 5.91 Å². The number of thiophene rings is 1. The molecule has 0 saturated heterocycles. The summed E-state index contributed by atoms with van der Waals surface area (Å²) in [7, 11) is 0. The Morgan fingerprint density at radius 3 is 2.63 bits per heavy atom. The zero-order valence-electron chi connectivity index (χ0n) is 10.5. The standard InChI is InChI=1S/C14H15NO3S/c16-12(14(5-6-14)13(17)18)15-7-3-10(4-8-15)11-2-1-9-19-11/h1-3,9H,4-8H2,(H,17,18). The van der Waals surface area contributed by atoms with Crippen molar-refractivity contribution < 1.29 is 14.7 Å². The van der Waals surface area contributed by atoms with Gasteiger partial charge in [0.2, 0.25) is 5.91 Å². The minimum absolute atomic E-state index is 0.207. The zero-order valence-corrected chi connectivity index (χ0v) is 11.3. The van der Waals surface area contributed by atoms with E-state index in [4.69, 9.17) is 5.11 Å². The van der Waals surface area contributed by atoms with Crippen molar-refractivity contribution in [1.29, 1.82) is 0 Å². The van der Waals surface area contributed by atoms with Crippen LogP contribution in [0.25, 0.3) is 5.57 Å². The molecule has 0 unspecified atom stereocenters. The molecular weight excluding hydrogens is 262 g/mol. The van der Waals surface area contributed by atoms with Gasteiger partial charge in [0.1, 0.15) is 5.41 Å². The second-order valence-electron chi connectivity index (χ2n) is 5.10. The van der Waals surface area contributed by atoms with Gasteiger partial charge in [-0.3, -0.25) is 9.59 Å². The first-order chi connectivity index (χ1) is 9.13. The van der Waals surface area contributed by atoms with E-state index < -0.39 is 11.4 Å². The van der Waals surface area contributed by atoms with Gasteiger partial charge in [-0.25, -0.2) is 0 Å². The lowest BCUT2D eigenvalue weighted by atomic mass is 10.0. The van der Waals surface area contributed by atoms with Crippen LogP contribution in [0, 0.1) is 5.41 Å². The van der Waals surface area contributed by atoms with E-state index >= 15 is 0 Å². The molecule has 0 bridgehead atoms. The highest BCUT2D eigenvalue weighted by Gasteiger charge is 2.58. The van der Waals surface area contributed by atoms with E-state index in [1.165, 1.54) is 10.5 Å². The van der Waals surface area contributed by atoms with Crippen molar-refractivity contribution in [2.75, 3.05) is 13.1 Å². The quantitative estimate of drug-likeness (QED) is 0.862.